The molecule has 0 spiro atoms. The molecule has 1 heterocycles. The summed E-state index contributed by atoms with van der Waals surface area (Å²) in [5.74, 6) is 0.597. The third-order valence-electron chi connectivity index (χ3n) is 4.52. The molecule has 0 aliphatic carbocycles. The second-order valence-corrected chi connectivity index (χ2v) is 6.42. The molecule has 2 atom stereocenters. The van der Waals surface area contributed by atoms with Gasteiger partial charge in [-0.15, -0.1) is 0 Å². The van der Waals surface area contributed by atoms with Crippen LogP contribution in [-0.2, 0) is 6.54 Å². The normalized spacial score (nSPS) is 20.8. The topological polar surface area (TPSA) is 33.3 Å². The lowest BCUT2D eigenvalue weighted by Gasteiger charge is -2.34. The molecule has 1 aliphatic heterocycles. The lowest BCUT2D eigenvalue weighted by atomic mass is 9.91. The molecular weight excluding hydrogens is 327 g/mol. The van der Waals surface area contributed by atoms with Crippen molar-refractivity contribution in [3.8, 4) is 5.75 Å². The van der Waals surface area contributed by atoms with Gasteiger partial charge >= 0.3 is 0 Å². The Morgan fingerprint density at radius 2 is 2.08 bits per heavy atom. The SMILES string of the molecule is COc1ccccc1CN[C@H]1CCCN[C@H]1c1c(F)cccc1Cl. The van der Waals surface area contributed by atoms with Crippen LogP contribution in [0.5, 0.6) is 5.75 Å². The molecule has 0 aromatic heterocycles. The van der Waals surface area contributed by atoms with Gasteiger partial charge in [-0.25, -0.2) is 4.39 Å². The zero-order valence-electron chi connectivity index (χ0n) is 13.7. The first-order chi connectivity index (χ1) is 11.7. The van der Waals surface area contributed by atoms with Gasteiger partial charge in [0.25, 0.3) is 0 Å². The van der Waals surface area contributed by atoms with E-state index in [2.05, 4.69) is 10.6 Å². The number of benzene rings is 2. The van der Waals surface area contributed by atoms with Crippen LogP contribution in [0.2, 0.25) is 5.02 Å². The van der Waals surface area contributed by atoms with Crippen LogP contribution in [0.4, 0.5) is 4.39 Å². The number of nitrogens with one attached hydrogen (secondary N) is 2. The number of hydrogen-bond donors (Lipinski definition) is 2. The molecule has 3 rings (SSSR count). The number of ether oxygens (including phenoxy) is 1. The van der Waals surface area contributed by atoms with E-state index in [1.54, 1.807) is 19.2 Å². The Balaban J connectivity index is 1.78. The van der Waals surface area contributed by atoms with Crippen molar-refractivity contribution in [1.82, 2.24) is 10.6 Å². The first-order valence-corrected chi connectivity index (χ1v) is 8.61. The maximum atomic E-state index is 14.3. The smallest absolute Gasteiger partial charge is 0.129 e. The van der Waals surface area contributed by atoms with Gasteiger partial charge in [0, 0.05) is 28.7 Å². The van der Waals surface area contributed by atoms with E-state index in [1.165, 1.54) is 6.07 Å². The average molecular weight is 349 g/mol. The van der Waals surface area contributed by atoms with Gasteiger partial charge in [0.15, 0.2) is 0 Å². The van der Waals surface area contributed by atoms with Crippen LogP contribution in [0.3, 0.4) is 0 Å². The maximum Gasteiger partial charge on any atom is 0.129 e. The highest BCUT2D eigenvalue weighted by atomic mass is 35.5. The van der Waals surface area contributed by atoms with Gasteiger partial charge in [-0.05, 0) is 37.6 Å². The van der Waals surface area contributed by atoms with Crippen LogP contribution < -0.4 is 15.4 Å². The third-order valence-corrected chi connectivity index (χ3v) is 4.85. The van der Waals surface area contributed by atoms with Gasteiger partial charge in [-0.3, -0.25) is 0 Å². The van der Waals surface area contributed by atoms with Crippen molar-refractivity contribution in [1.29, 1.82) is 0 Å². The molecular formula is C19H22ClFN2O. The fraction of sp³-hybridized carbons (Fsp3) is 0.368. The maximum absolute atomic E-state index is 14.3. The number of para-hydroxylation sites is 1. The van der Waals surface area contributed by atoms with Crippen molar-refractivity contribution in [3.63, 3.8) is 0 Å². The van der Waals surface area contributed by atoms with Gasteiger partial charge in [0.1, 0.15) is 11.6 Å². The Labute approximate surface area is 147 Å². The first kappa shape index (κ1) is 17.2. The van der Waals surface area contributed by atoms with Crippen LogP contribution in [0, 0.1) is 5.82 Å². The van der Waals surface area contributed by atoms with Crippen LogP contribution in [0.1, 0.15) is 30.0 Å². The summed E-state index contributed by atoms with van der Waals surface area (Å²) < 4.78 is 19.7. The number of methoxy groups -OCH3 is 1. The number of rotatable bonds is 5. The quantitative estimate of drug-likeness (QED) is 0.854. The van der Waals surface area contributed by atoms with Gasteiger partial charge in [-0.1, -0.05) is 35.9 Å². The highest BCUT2D eigenvalue weighted by Crippen LogP contribution is 2.31. The van der Waals surface area contributed by atoms with E-state index in [1.807, 2.05) is 24.3 Å². The molecule has 0 amide bonds. The van der Waals surface area contributed by atoms with Gasteiger partial charge in [-0.2, -0.15) is 0 Å². The van der Waals surface area contributed by atoms with Crippen LogP contribution >= 0.6 is 11.6 Å². The van der Waals surface area contributed by atoms with E-state index in [9.17, 15) is 4.39 Å². The lowest BCUT2D eigenvalue weighted by Crippen LogP contribution is -2.46. The summed E-state index contributed by atoms with van der Waals surface area (Å²) >= 11 is 6.27. The van der Waals surface area contributed by atoms with Crippen molar-refractivity contribution < 1.29 is 9.13 Å². The second-order valence-electron chi connectivity index (χ2n) is 6.01. The average Bonchev–Trinajstić information content (AvgIpc) is 2.61. The molecule has 2 aromatic carbocycles. The summed E-state index contributed by atoms with van der Waals surface area (Å²) in [5.41, 5.74) is 1.64. The lowest BCUT2D eigenvalue weighted by molar-refractivity contribution is 0.297. The molecule has 1 fully saturated rings. The minimum atomic E-state index is -0.258. The fourth-order valence-electron chi connectivity index (χ4n) is 3.31. The summed E-state index contributed by atoms with van der Waals surface area (Å²) in [5, 5.41) is 7.43. The highest BCUT2D eigenvalue weighted by Gasteiger charge is 2.29. The number of hydrogen-bond acceptors (Lipinski definition) is 3. The molecule has 128 valence electrons. The molecule has 5 heteroatoms. The molecule has 2 N–H and O–H groups in total. The predicted molar refractivity (Wildman–Crippen MR) is 95.0 cm³/mol. The fourth-order valence-corrected chi connectivity index (χ4v) is 3.59. The van der Waals surface area contributed by atoms with E-state index in [0.717, 1.165) is 30.7 Å². The Morgan fingerprint density at radius 1 is 1.25 bits per heavy atom. The van der Waals surface area contributed by atoms with Crippen molar-refractivity contribution in [2.24, 2.45) is 0 Å². The van der Waals surface area contributed by atoms with Crippen LogP contribution in [0.25, 0.3) is 0 Å². The predicted octanol–water partition coefficient (Wildman–Crippen LogP) is 4.07. The molecule has 0 unspecified atom stereocenters. The van der Waals surface area contributed by atoms with Gasteiger partial charge in [0.05, 0.1) is 13.2 Å². The van der Waals surface area contributed by atoms with Crippen molar-refractivity contribution in [2.45, 2.75) is 31.5 Å². The molecule has 0 bridgehead atoms. The van der Waals surface area contributed by atoms with E-state index >= 15 is 0 Å². The molecule has 2 aromatic rings. The Hall–Kier alpha value is -1.62. The Kier molecular flexibility index (Phi) is 5.72. The van der Waals surface area contributed by atoms with E-state index in [4.69, 9.17) is 16.3 Å². The zero-order chi connectivity index (χ0) is 16.9. The number of halogens is 2. The van der Waals surface area contributed by atoms with Gasteiger partial charge < -0.3 is 15.4 Å². The summed E-state index contributed by atoms with van der Waals surface area (Å²) in [7, 11) is 1.67. The van der Waals surface area contributed by atoms with E-state index in [-0.39, 0.29) is 17.9 Å². The zero-order valence-corrected chi connectivity index (χ0v) is 14.4. The summed E-state index contributed by atoms with van der Waals surface area (Å²) in [6.07, 6.45) is 2.02. The largest absolute Gasteiger partial charge is 0.496 e. The monoisotopic (exact) mass is 348 g/mol. The second kappa shape index (κ2) is 7.97. The van der Waals surface area contributed by atoms with Gasteiger partial charge in [0.2, 0.25) is 0 Å². The minimum Gasteiger partial charge on any atom is -0.496 e. The van der Waals surface area contributed by atoms with Crippen molar-refractivity contribution in [3.05, 3.63) is 64.4 Å². The molecule has 0 radical (unpaired) electrons. The third kappa shape index (κ3) is 3.72. The van der Waals surface area contributed by atoms with E-state index in [0.29, 0.717) is 17.1 Å². The standard InChI is InChI=1S/C19H22ClFN2O/c1-24-17-10-3-2-6-13(17)12-23-16-9-5-11-22-19(16)18-14(20)7-4-8-15(18)21/h2-4,6-8,10,16,19,22-23H,5,9,11-12H2,1H3/t16-,19+/m0/s1. The first-order valence-electron chi connectivity index (χ1n) is 8.23. The van der Waals surface area contributed by atoms with E-state index < -0.39 is 0 Å². The van der Waals surface area contributed by atoms with Crippen molar-refractivity contribution in [2.75, 3.05) is 13.7 Å². The molecule has 3 nitrogen and oxygen atoms in total. The molecule has 0 saturated carbocycles. The summed E-state index contributed by atoms with van der Waals surface area (Å²) in [6, 6.07) is 12.7. The minimum absolute atomic E-state index is 0.109. The Bertz CT molecular complexity index is 675. The molecule has 24 heavy (non-hydrogen) atoms. The highest BCUT2D eigenvalue weighted by molar-refractivity contribution is 6.31. The summed E-state index contributed by atoms with van der Waals surface area (Å²) in [4.78, 5) is 0. The Morgan fingerprint density at radius 3 is 2.88 bits per heavy atom. The van der Waals surface area contributed by atoms with Crippen LogP contribution in [-0.4, -0.2) is 19.7 Å². The van der Waals surface area contributed by atoms with Crippen molar-refractivity contribution >= 4 is 11.6 Å². The number of piperidine rings is 1. The summed E-state index contributed by atoms with van der Waals surface area (Å²) in [6.45, 7) is 1.53. The molecule has 1 saturated heterocycles. The molecule has 1 aliphatic rings. The van der Waals surface area contributed by atoms with Crippen LogP contribution in [0.15, 0.2) is 42.5 Å².